The minimum Gasteiger partial charge on any atom is -0.495 e. The molecule has 3 atom stereocenters. The Bertz CT molecular complexity index is 714. The number of carbonyl (C=O) groups is 2. The van der Waals surface area contributed by atoms with Crippen molar-refractivity contribution in [2.75, 3.05) is 44.8 Å². The molecule has 1 amide bonds. The van der Waals surface area contributed by atoms with E-state index in [-0.39, 0.29) is 18.5 Å². The zero-order valence-electron chi connectivity index (χ0n) is 16.6. The van der Waals surface area contributed by atoms with Gasteiger partial charge in [-0.15, -0.1) is 0 Å². The highest BCUT2D eigenvalue weighted by molar-refractivity contribution is 5.81. The fraction of sp³-hybridized carbons (Fsp3) is 0.636. The Morgan fingerprint density at radius 2 is 1.86 bits per heavy atom. The quantitative estimate of drug-likeness (QED) is 0.704. The fourth-order valence-electron chi connectivity index (χ4n) is 5.22. The summed E-state index contributed by atoms with van der Waals surface area (Å²) in [5.41, 5.74) is 1.05. The normalized spacial score (nSPS) is 26.4. The van der Waals surface area contributed by atoms with Crippen LogP contribution in [-0.4, -0.2) is 56.7 Å². The molecular formula is C22H30N2O4. The highest BCUT2D eigenvalue weighted by Crippen LogP contribution is 2.49. The van der Waals surface area contributed by atoms with E-state index in [0.29, 0.717) is 31.3 Å². The molecule has 2 bridgehead atoms. The molecule has 152 valence electrons. The van der Waals surface area contributed by atoms with Crippen molar-refractivity contribution in [3.05, 3.63) is 24.3 Å². The summed E-state index contributed by atoms with van der Waals surface area (Å²) in [5.74, 6) is 2.54. The van der Waals surface area contributed by atoms with Crippen molar-refractivity contribution in [3.8, 4) is 5.75 Å². The van der Waals surface area contributed by atoms with Crippen molar-refractivity contribution in [3.63, 3.8) is 0 Å². The molecule has 3 aliphatic rings. The van der Waals surface area contributed by atoms with Crippen molar-refractivity contribution < 1.29 is 19.1 Å². The van der Waals surface area contributed by atoms with Gasteiger partial charge < -0.3 is 19.3 Å². The van der Waals surface area contributed by atoms with Crippen LogP contribution in [0.5, 0.6) is 5.75 Å². The average Bonchev–Trinajstić information content (AvgIpc) is 3.35. The Labute approximate surface area is 166 Å². The molecule has 0 aromatic heterocycles. The van der Waals surface area contributed by atoms with Gasteiger partial charge in [-0.1, -0.05) is 18.6 Å². The fourth-order valence-corrected chi connectivity index (χ4v) is 5.22. The first-order chi connectivity index (χ1) is 13.6. The maximum Gasteiger partial charge on any atom is 0.306 e. The highest BCUT2D eigenvalue weighted by Gasteiger charge is 2.40. The Balaban J connectivity index is 1.20. The van der Waals surface area contributed by atoms with Crippen LogP contribution in [0.2, 0.25) is 0 Å². The number of hydrogen-bond donors (Lipinski definition) is 0. The Hall–Kier alpha value is -2.24. The van der Waals surface area contributed by atoms with E-state index in [9.17, 15) is 9.59 Å². The van der Waals surface area contributed by atoms with Crippen LogP contribution in [-0.2, 0) is 14.3 Å². The van der Waals surface area contributed by atoms with Gasteiger partial charge in [-0.2, -0.15) is 0 Å². The SMILES string of the molecule is COc1ccccc1N1CCN(C(=O)COC(=O)C[C@@H]2C[C@@H]3CC[C@@H]2C3)CC1. The van der Waals surface area contributed by atoms with Gasteiger partial charge in [-0.25, -0.2) is 0 Å². The maximum atomic E-state index is 12.4. The number of ether oxygens (including phenoxy) is 2. The number of hydrogen-bond acceptors (Lipinski definition) is 5. The second-order valence-electron chi connectivity index (χ2n) is 8.34. The molecule has 0 N–H and O–H groups in total. The van der Waals surface area contributed by atoms with Crippen LogP contribution in [0.1, 0.15) is 32.1 Å². The average molecular weight is 386 g/mol. The van der Waals surface area contributed by atoms with Crippen molar-refractivity contribution in [1.82, 2.24) is 4.90 Å². The Kier molecular flexibility index (Phi) is 5.74. The largest absolute Gasteiger partial charge is 0.495 e. The molecule has 1 aromatic rings. The molecule has 1 aliphatic heterocycles. The maximum absolute atomic E-state index is 12.4. The minimum absolute atomic E-state index is 0.0963. The number of methoxy groups -OCH3 is 1. The molecule has 2 saturated carbocycles. The second kappa shape index (κ2) is 8.41. The Morgan fingerprint density at radius 3 is 2.54 bits per heavy atom. The van der Waals surface area contributed by atoms with Crippen molar-refractivity contribution in [1.29, 1.82) is 0 Å². The summed E-state index contributed by atoms with van der Waals surface area (Å²) < 4.78 is 10.7. The predicted octanol–water partition coefficient (Wildman–Crippen LogP) is 2.71. The summed E-state index contributed by atoms with van der Waals surface area (Å²) in [7, 11) is 1.67. The van der Waals surface area contributed by atoms with Gasteiger partial charge in [0.15, 0.2) is 6.61 Å². The number of benzene rings is 1. The van der Waals surface area contributed by atoms with Gasteiger partial charge in [0.25, 0.3) is 5.91 Å². The molecule has 0 unspecified atom stereocenters. The number of esters is 1. The number of amides is 1. The molecule has 2 aliphatic carbocycles. The van der Waals surface area contributed by atoms with Gasteiger partial charge in [0.1, 0.15) is 5.75 Å². The number of anilines is 1. The number of para-hydroxylation sites is 2. The van der Waals surface area contributed by atoms with E-state index < -0.39 is 0 Å². The standard InChI is InChI=1S/C22H30N2O4/c1-27-20-5-3-2-4-19(20)23-8-10-24(11-9-23)21(25)15-28-22(26)14-18-13-16-6-7-17(18)12-16/h2-5,16-18H,6-15H2,1H3/t16-,17-,18+/m1/s1. The predicted molar refractivity (Wildman–Crippen MR) is 106 cm³/mol. The molecule has 1 heterocycles. The van der Waals surface area contributed by atoms with E-state index >= 15 is 0 Å². The van der Waals surface area contributed by atoms with Crippen LogP contribution in [0.15, 0.2) is 24.3 Å². The lowest BCUT2D eigenvalue weighted by Gasteiger charge is -2.36. The lowest BCUT2D eigenvalue weighted by Crippen LogP contribution is -2.50. The third kappa shape index (κ3) is 4.10. The van der Waals surface area contributed by atoms with E-state index in [2.05, 4.69) is 4.90 Å². The first-order valence-corrected chi connectivity index (χ1v) is 10.5. The lowest BCUT2D eigenvalue weighted by atomic mass is 9.86. The molecule has 6 nitrogen and oxygen atoms in total. The highest BCUT2D eigenvalue weighted by atomic mass is 16.5. The van der Waals surface area contributed by atoms with Crippen LogP contribution in [0, 0.1) is 17.8 Å². The van der Waals surface area contributed by atoms with Gasteiger partial charge >= 0.3 is 5.97 Å². The van der Waals surface area contributed by atoms with Crippen molar-refractivity contribution in [2.24, 2.45) is 17.8 Å². The van der Waals surface area contributed by atoms with Gasteiger partial charge in [0, 0.05) is 32.6 Å². The molecule has 0 spiro atoms. The van der Waals surface area contributed by atoms with Crippen molar-refractivity contribution in [2.45, 2.75) is 32.1 Å². The topological polar surface area (TPSA) is 59.1 Å². The van der Waals surface area contributed by atoms with Crippen LogP contribution >= 0.6 is 0 Å². The van der Waals surface area contributed by atoms with E-state index in [4.69, 9.17) is 9.47 Å². The van der Waals surface area contributed by atoms with Crippen LogP contribution in [0.25, 0.3) is 0 Å². The monoisotopic (exact) mass is 386 g/mol. The number of carbonyl (C=O) groups excluding carboxylic acids is 2. The molecule has 0 radical (unpaired) electrons. The zero-order valence-corrected chi connectivity index (χ0v) is 16.6. The third-order valence-corrected chi connectivity index (χ3v) is 6.73. The summed E-state index contributed by atoms with van der Waals surface area (Å²) in [4.78, 5) is 28.6. The van der Waals surface area contributed by atoms with E-state index in [1.165, 1.54) is 25.7 Å². The van der Waals surface area contributed by atoms with E-state index in [1.54, 1.807) is 12.0 Å². The first kappa shape index (κ1) is 19.1. The van der Waals surface area contributed by atoms with Crippen LogP contribution < -0.4 is 9.64 Å². The van der Waals surface area contributed by atoms with Gasteiger partial charge in [-0.3, -0.25) is 9.59 Å². The van der Waals surface area contributed by atoms with Gasteiger partial charge in [0.05, 0.1) is 12.8 Å². The number of nitrogens with zero attached hydrogens (tertiary/aromatic N) is 2. The molecule has 1 saturated heterocycles. The zero-order chi connectivity index (χ0) is 19.5. The molecule has 6 heteroatoms. The summed E-state index contributed by atoms with van der Waals surface area (Å²) >= 11 is 0. The van der Waals surface area contributed by atoms with Gasteiger partial charge in [0.2, 0.25) is 0 Å². The minimum atomic E-state index is -0.210. The number of piperazine rings is 1. The summed E-state index contributed by atoms with van der Waals surface area (Å²) in [6, 6.07) is 7.92. The molecule has 1 aromatic carbocycles. The molecule has 3 fully saturated rings. The summed E-state index contributed by atoms with van der Waals surface area (Å²) in [6.07, 6.45) is 5.52. The lowest BCUT2D eigenvalue weighted by molar-refractivity contribution is -0.153. The Morgan fingerprint density at radius 1 is 1.07 bits per heavy atom. The number of rotatable bonds is 6. The smallest absolute Gasteiger partial charge is 0.306 e. The molecule has 28 heavy (non-hydrogen) atoms. The second-order valence-corrected chi connectivity index (χ2v) is 8.34. The van der Waals surface area contributed by atoms with Gasteiger partial charge in [-0.05, 0) is 49.1 Å². The molecule has 4 rings (SSSR count). The third-order valence-electron chi connectivity index (χ3n) is 6.73. The van der Waals surface area contributed by atoms with E-state index in [0.717, 1.165) is 30.4 Å². The summed E-state index contributed by atoms with van der Waals surface area (Å²) in [6.45, 7) is 2.60. The van der Waals surface area contributed by atoms with Crippen LogP contribution in [0.4, 0.5) is 5.69 Å². The van der Waals surface area contributed by atoms with E-state index in [1.807, 2.05) is 24.3 Å². The first-order valence-electron chi connectivity index (χ1n) is 10.5. The van der Waals surface area contributed by atoms with Crippen molar-refractivity contribution >= 4 is 17.6 Å². The van der Waals surface area contributed by atoms with Crippen LogP contribution in [0.3, 0.4) is 0 Å². The summed E-state index contributed by atoms with van der Waals surface area (Å²) in [5, 5.41) is 0. The number of fused-ring (bicyclic) bond motifs is 2. The molecular weight excluding hydrogens is 356 g/mol.